The van der Waals surface area contributed by atoms with Crippen molar-refractivity contribution in [2.75, 3.05) is 39.3 Å². The lowest BCUT2D eigenvalue weighted by Gasteiger charge is -2.24. The van der Waals surface area contributed by atoms with Crippen LogP contribution >= 0.6 is 0 Å². The van der Waals surface area contributed by atoms with Crippen molar-refractivity contribution in [1.29, 1.82) is 0 Å². The normalized spacial score (nSPS) is 21.1. The van der Waals surface area contributed by atoms with Gasteiger partial charge < -0.3 is 14.6 Å². The SMILES string of the molecule is O=C(CCc1nc2ccccc2c(=O)[nH]1)N1CCCN(CC2CCCO2)CC1. The second-order valence-corrected chi connectivity index (χ2v) is 7.70. The number of aromatic amines is 1. The van der Waals surface area contributed by atoms with Gasteiger partial charge in [-0.1, -0.05) is 12.1 Å². The Balaban J connectivity index is 1.30. The maximum atomic E-state index is 12.7. The molecule has 2 aliphatic heterocycles. The Bertz CT molecular complexity index is 875. The van der Waals surface area contributed by atoms with Crippen molar-refractivity contribution >= 4 is 16.8 Å². The number of benzene rings is 1. The Morgan fingerprint density at radius 2 is 2.07 bits per heavy atom. The quantitative estimate of drug-likeness (QED) is 0.847. The molecule has 2 aliphatic rings. The lowest BCUT2D eigenvalue weighted by atomic mass is 10.2. The minimum Gasteiger partial charge on any atom is -0.377 e. The second kappa shape index (κ2) is 8.84. The molecular formula is C21H28N4O3. The molecule has 1 amide bonds. The molecule has 2 aromatic rings. The predicted molar refractivity (Wildman–Crippen MR) is 107 cm³/mol. The Kier molecular flexibility index (Phi) is 6.02. The van der Waals surface area contributed by atoms with Gasteiger partial charge in [0.15, 0.2) is 0 Å². The Labute approximate surface area is 164 Å². The highest BCUT2D eigenvalue weighted by molar-refractivity contribution is 5.78. The highest BCUT2D eigenvalue weighted by Crippen LogP contribution is 2.15. The highest BCUT2D eigenvalue weighted by Gasteiger charge is 2.23. The molecule has 0 radical (unpaired) electrons. The molecule has 4 rings (SSSR count). The molecule has 2 saturated heterocycles. The smallest absolute Gasteiger partial charge is 0.258 e. The lowest BCUT2D eigenvalue weighted by molar-refractivity contribution is -0.131. The first kappa shape index (κ1) is 19.1. The number of aromatic nitrogens is 2. The molecule has 7 heteroatoms. The van der Waals surface area contributed by atoms with E-state index in [-0.39, 0.29) is 11.5 Å². The first-order valence-corrected chi connectivity index (χ1v) is 10.3. The van der Waals surface area contributed by atoms with Gasteiger partial charge in [0.1, 0.15) is 5.82 Å². The summed E-state index contributed by atoms with van der Waals surface area (Å²) in [7, 11) is 0. The monoisotopic (exact) mass is 384 g/mol. The summed E-state index contributed by atoms with van der Waals surface area (Å²) in [5, 5.41) is 0.580. The number of nitrogens with one attached hydrogen (secondary N) is 1. The van der Waals surface area contributed by atoms with Gasteiger partial charge >= 0.3 is 0 Å². The number of ether oxygens (including phenoxy) is 1. The number of hydrogen-bond acceptors (Lipinski definition) is 5. The molecule has 0 bridgehead atoms. The zero-order valence-corrected chi connectivity index (χ0v) is 16.2. The Morgan fingerprint density at radius 1 is 1.18 bits per heavy atom. The fourth-order valence-corrected chi connectivity index (χ4v) is 4.12. The van der Waals surface area contributed by atoms with Crippen LogP contribution in [-0.4, -0.2) is 71.1 Å². The molecule has 3 heterocycles. The molecule has 0 spiro atoms. The van der Waals surface area contributed by atoms with Crippen LogP contribution < -0.4 is 5.56 Å². The number of carbonyl (C=O) groups is 1. The van der Waals surface area contributed by atoms with Gasteiger partial charge in [0.05, 0.1) is 17.0 Å². The van der Waals surface area contributed by atoms with Crippen molar-refractivity contribution in [2.45, 2.75) is 38.2 Å². The number of para-hydroxylation sites is 1. The van der Waals surface area contributed by atoms with E-state index in [9.17, 15) is 9.59 Å². The van der Waals surface area contributed by atoms with E-state index in [1.54, 1.807) is 6.07 Å². The van der Waals surface area contributed by atoms with Crippen LogP contribution in [0.2, 0.25) is 0 Å². The summed E-state index contributed by atoms with van der Waals surface area (Å²) in [4.78, 5) is 36.5. The Morgan fingerprint density at radius 3 is 2.93 bits per heavy atom. The number of carbonyl (C=O) groups excluding carboxylic acids is 1. The van der Waals surface area contributed by atoms with E-state index in [4.69, 9.17) is 4.74 Å². The molecule has 1 N–H and O–H groups in total. The molecule has 1 aromatic carbocycles. The van der Waals surface area contributed by atoms with Crippen LogP contribution in [0.4, 0.5) is 0 Å². The maximum absolute atomic E-state index is 12.7. The van der Waals surface area contributed by atoms with Crippen molar-refractivity contribution in [1.82, 2.24) is 19.8 Å². The fraction of sp³-hybridized carbons (Fsp3) is 0.571. The van der Waals surface area contributed by atoms with E-state index in [1.807, 2.05) is 23.1 Å². The van der Waals surface area contributed by atoms with Crippen molar-refractivity contribution < 1.29 is 9.53 Å². The van der Waals surface area contributed by atoms with Crippen molar-refractivity contribution in [2.24, 2.45) is 0 Å². The third-order valence-corrected chi connectivity index (χ3v) is 5.66. The van der Waals surface area contributed by atoms with Gasteiger partial charge in [-0.15, -0.1) is 0 Å². The number of nitrogens with zero attached hydrogens (tertiary/aromatic N) is 3. The summed E-state index contributed by atoms with van der Waals surface area (Å²) in [5.41, 5.74) is 0.529. The van der Waals surface area contributed by atoms with Gasteiger partial charge in [-0.25, -0.2) is 4.98 Å². The van der Waals surface area contributed by atoms with Gasteiger partial charge in [0.25, 0.3) is 5.56 Å². The largest absolute Gasteiger partial charge is 0.377 e. The average Bonchev–Trinajstić information content (AvgIpc) is 3.10. The van der Waals surface area contributed by atoms with E-state index >= 15 is 0 Å². The standard InChI is InChI=1S/C21H28N4O3/c26-20(9-8-19-22-18-7-2-1-6-17(18)21(27)23-19)25-11-4-10-24(12-13-25)15-16-5-3-14-28-16/h1-2,6-7,16H,3-5,8-15H2,(H,22,23,27). The predicted octanol–water partition coefficient (Wildman–Crippen LogP) is 1.57. The van der Waals surface area contributed by atoms with Crippen LogP contribution in [0.5, 0.6) is 0 Å². The number of H-pyrrole nitrogens is 1. The van der Waals surface area contributed by atoms with Crippen molar-refractivity contribution in [3.05, 3.63) is 40.4 Å². The minimum absolute atomic E-state index is 0.134. The van der Waals surface area contributed by atoms with Crippen molar-refractivity contribution in [3.8, 4) is 0 Å². The van der Waals surface area contributed by atoms with E-state index in [0.717, 1.165) is 58.6 Å². The lowest BCUT2D eigenvalue weighted by Crippen LogP contribution is -2.37. The molecule has 0 aliphatic carbocycles. The average molecular weight is 384 g/mol. The third kappa shape index (κ3) is 4.59. The molecule has 1 atom stereocenters. The molecule has 1 aromatic heterocycles. The molecule has 1 unspecified atom stereocenters. The zero-order chi connectivity index (χ0) is 19.3. The number of amides is 1. The Hall–Kier alpha value is -2.25. The summed E-state index contributed by atoms with van der Waals surface area (Å²) in [5.74, 6) is 0.710. The van der Waals surface area contributed by atoms with Gasteiger partial charge in [-0.2, -0.15) is 0 Å². The fourth-order valence-electron chi connectivity index (χ4n) is 4.12. The summed E-state index contributed by atoms with van der Waals surface area (Å²) in [6, 6.07) is 7.27. The first-order chi connectivity index (χ1) is 13.7. The number of fused-ring (bicyclic) bond motifs is 1. The van der Waals surface area contributed by atoms with Gasteiger partial charge in [0.2, 0.25) is 5.91 Å². The number of hydrogen-bond donors (Lipinski definition) is 1. The van der Waals surface area contributed by atoms with Crippen molar-refractivity contribution in [3.63, 3.8) is 0 Å². The van der Waals surface area contributed by atoms with Gasteiger partial charge in [-0.05, 0) is 37.9 Å². The van der Waals surface area contributed by atoms with Gasteiger partial charge in [0, 0.05) is 45.6 Å². The van der Waals surface area contributed by atoms with E-state index in [2.05, 4.69) is 14.9 Å². The molecule has 150 valence electrons. The molecule has 2 fully saturated rings. The van der Waals surface area contributed by atoms with Crippen LogP contribution in [-0.2, 0) is 16.0 Å². The topological polar surface area (TPSA) is 78.5 Å². The summed E-state index contributed by atoms with van der Waals surface area (Å²) >= 11 is 0. The van der Waals surface area contributed by atoms with E-state index in [1.165, 1.54) is 0 Å². The van der Waals surface area contributed by atoms with E-state index in [0.29, 0.717) is 35.7 Å². The molecule has 0 saturated carbocycles. The summed E-state index contributed by atoms with van der Waals surface area (Å²) in [6.45, 7) is 5.33. The van der Waals surface area contributed by atoms with Crippen LogP contribution in [0.25, 0.3) is 10.9 Å². The minimum atomic E-state index is -0.146. The molecule has 7 nitrogen and oxygen atoms in total. The molecule has 28 heavy (non-hydrogen) atoms. The third-order valence-electron chi connectivity index (χ3n) is 5.66. The number of aryl methyl sites for hydroxylation is 1. The summed E-state index contributed by atoms with van der Waals surface area (Å²) in [6.07, 6.45) is 4.48. The van der Waals surface area contributed by atoms with E-state index < -0.39 is 0 Å². The zero-order valence-electron chi connectivity index (χ0n) is 16.2. The highest BCUT2D eigenvalue weighted by atomic mass is 16.5. The number of rotatable bonds is 5. The maximum Gasteiger partial charge on any atom is 0.258 e. The van der Waals surface area contributed by atoms with Crippen LogP contribution in [0.3, 0.4) is 0 Å². The molecular weight excluding hydrogens is 356 g/mol. The first-order valence-electron chi connectivity index (χ1n) is 10.3. The van der Waals surface area contributed by atoms with Gasteiger partial charge in [-0.3, -0.25) is 14.5 Å². The van der Waals surface area contributed by atoms with Crippen LogP contribution in [0.1, 0.15) is 31.5 Å². The van der Waals surface area contributed by atoms with Crippen LogP contribution in [0, 0.1) is 0 Å². The summed E-state index contributed by atoms with van der Waals surface area (Å²) < 4.78 is 5.74. The second-order valence-electron chi connectivity index (χ2n) is 7.70. The van der Waals surface area contributed by atoms with Crippen LogP contribution in [0.15, 0.2) is 29.1 Å².